The molecular weight excluding hydrogens is 138 g/mol. The van der Waals surface area contributed by atoms with Gasteiger partial charge in [0.1, 0.15) is 0 Å². The first-order valence-electron chi connectivity index (χ1n) is 4.78. The van der Waals surface area contributed by atoms with Crippen molar-refractivity contribution < 1.29 is 5.11 Å². The fourth-order valence-corrected chi connectivity index (χ4v) is 2.37. The van der Waals surface area contributed by atoms with E-state index in [9.17, 15) is 0 Å². The van der Waals surface area contributed by atoms with Crippen molar-refractivity contribution in [1.82, 2.24) is 4.90 Å². The fourth-order valence-electron chi connectivity index (χ4n) is 2.37. The van der Waals surface area contributed by atoms with Crippen molar-refractivity contribution in [3.8, 4) is 0 Å². The highest BCUT2D eigenvalue weighted by molar-refractivity contribution is 4.89. The summed E-state index contributed by atoms with van der Waals surface area (Å²) in [4.78, 5) is 2.49. The van der Waals surface area contributed by atoms with Gasteiger partial charge in [0.2, 0.25) is 0 Å². The molecule has 1 saturated heterocycles. The molecule has 0 aromatic rings. The van der Waals surface area contributed by atoms with Gasteiger partial charge in [-0.1, -0.05) is 12.8 Å². The molecule has 0 amide bonds. The molecule has 1 unspecified atom stereocenters. The Balaban J connectivity index is 1.84. The number of hydrogen-bond donors (Lipinski definition) is 1. The summed E-state index contributed by atoms with van der Waals surface area (Å²) in [6.45, 7) is 1.60. The van der Waals surface area contributed by atoms with Crippen LogP contribution in [-0.4, -0.2) is 35.2 Å². The monoisotopic (exact) mass is 155 g/mol. The van der Waals surface area contributed by atoms with Gasteiger partial charge in [0, 0.05) is 18.6 Å². The van der Waals surface area contributed by atoms with Gasteiger partial charge in [-0.15, -0.1) is 0 Å². The van der Waals surface area contributed by atoms with Gasteiger partial charge in [-0.3, -0.25) is 4.90 Å². The van der Waals surface area contributed by atoms with Crippen LogP contribution >= 0.6 is 0 Å². The van der Waals surface area contributed by atoms with E-state index in [1.54, 1.807) is 0 Å². The molecule has 0 radical (unpaired) electrons. The summed E-state index contributed by atoms with van der Waals surface area (Å²) in [5.74, 6) is 0. The highest BCUT2D eigenvalue weighted by Crippen LogP contribution is 2.30. The number of aliphatic hydroxyl groups is 1. The molecule has 1 atom stereocenters. The van der Waals surface area contributed by atoms with Crippen LogP contribution in [0.25, 0.3) is 0 Å². The zero-order valence-electron chi connectivity index (χ0n) is 7.00. The number of rotatable bonds is 2. The summed E-state index contributed by atoms with van der Waals surface area (Å²) in [7, 11) is 0. The molecule has 2 rings (SSSR count). The molecular formula is C9H17NO. The lowest BCUT2D eigenvalue weighted by Crippen LogP contribution is -2.54. The molecule has 2 fully saturated rings. The van der Waals surface area contributed by atoms with E-state index in [1.807, 2.05) is 0 Å². The van der Waals surface area contributed by atoms with Gasteiger partial charge in [0.15, 0.2) is 0 Å². The average molecular weight is 155 g/mol. The normalized spacial score (nSPS) is 34.1. The SMILES string of the molecule is OCC1CCN1C1CCCC1. The zero-order valence-corrected chi connectivity index (χ0v) is 7.00. The van der Waals surface area contributed by atoms with E-state index in [0.29, 0.717) is 12.6 Å². The molecule has 1 N–H and O–H groups in total. The second-order valence-electron chi connectivity index (χ2n) is 3.80. The summed E-state index contributed by atoms with van der Waals surface area (Å²) in [5, 5.41) is 8.98. The van der Waals surface area contributed by atoms with Crippen molar-refractivity contribution in [2.75, 3.05) is 13.2 Å². The van der Waals surface area contributed by atoms with E-state index >= 15 is 0 Å². The quantitative estimate of drug-likeness (QED) is 0.643. The van der Waals surface area contributed by atoms with Crippen LogP contribution in [0.15, 0.2) is 0 Å². The van der Waals surface area contributed by atoms with Gasteiger partial charge >= 0.3 is 0 Å². The number of nitrogens with zero attached hydrogens (tertiary/aromatic N) is 1. The Labute approximate surface area is 68.2 Å². The standard InChI is InChI=1S/C9H17NO/c11-7-9-5-6-10(9)8-3-1-2-4-8/h8-9,11H,1-7H2. The highest BCUT2D eigenvalue weighted by Gasteiger charge is 2.34. The number of aliphatic hydroxyl groups excluding tert-OH is 1. The lowest BCUT2D eigenvalue weighted by atomic mass is 10.00. The second kappa shape index (κ2) is 3.11. The average Bonchev–Trinajstić information content (AvgIpc) is 2.39. The van der Waals surface area contributed by atoms with Gasteiger partial charge < -0.3 is 5.11 Å². The van der Waals surface area contributed by atoms with Crippen LogP contribution in [0.1, 0.15) is 32.1 Å². The summed E-state index contributed by atoms with van der Waals surface area (Å²) in [6, 6.07) is 1.33. The molecule has 1 aliphatic heterocycles. The third-order valence-corrected chi connectivity index (χ3v) is 3.19. The number of likely N-dealkylation sites (tertiary alicyclic amines) is 1. The zero-order chi connectivity index (χ0) is 7.68. The molecule has 2 aliphatic rings. The Morgan fingerprint density at radius 1 is 1.18 bits per heavy atom. The van der Waals surface area contributed by atoms with Gasteiger partial charge in [0.05, 0.1) is 6.61 Å². The third kappa shape index (κ3) is 1.30. The van der Waals surface area contributed by atoms with E-state index in [1.165, 1.54) is 38.6 Å². The number of hydrogen-bond acceptors (Lipinski definition) is 2. The molecule has 2 nitrogen and oxygen atoms in total. The Morgan fingerprint density at radius 2 is 1.91 bits per heavy atom. The largest absolute Gasteiger partial charge is 0.395 e. The van der Waals surface area contributed by atoms with E-state index in [0.717, 1.165) is 6.04 Å². The molecule has 2 heteroatoms. The predicted molar refractivity (Wildman–Crippen MR) is 44.5 cm³/mol. The van der Waals surface area contributed by atoms with Crippen molar-refractivity contribution in [2.24, 2.45) is 0 Å². The molecule has 1 heterocycles. The van der Waals surface area contributed by atoms with Crippen molar-refractivity contribution in [3.63, 3.8) is 0 Å². The van der Waals surface area contributed by atoms with E-state index < -0.39 is 0 Å². The minimum Gasteiger partial charge on any atom is -0.395 e. The maximum absolute atomic E-state index is 8.98. The topological polar surface area (TPSA) is 23.5 Å². The Bertz CT molecular complexity index is 130. The summed E-state index contributed by atoms with van der Waals surface area (Å²) in [6.07, 6.45) is 6.76. The van der Waals surface area contributed by atoms with Crippen molar-refractivity contribution in [1.29, 1.82) is 0 Å². The predicted octanol–water partition coefficient (Wildman–Crippen LogP) is 0.996. The molecule has 0 aromatic heterocycles. The van der Waals surface area contributed by atoms with Crippen LogP contribution in [0.5, 0.6) is 0 Å². The van der Waals surface area contributed by atoms with Crippen LogP contribution in [0, 0.1) is 0 Å². The lowest BCUT2D eigenvalue weighted by molar-refractivity contribution is 0.00753. The van der Waals surface area contributed by atoms with E-state index in [4.69, 9.17) is 5.11 Å². The first-order chi connectivity index (χ1) is 5.42. The summed E-state index contributed by atoms with van der Waals surface area (Å²) in [5.41, 5.74) is 0. The molecule has 0 spiro atoms. The Hall–Kier alpha value is -0.0800. The van der Waals surface area contributed by atoms with E-state index in [2.05, 4.69) is 4.90 Å². The summed E-state index contributed by atoms with van der Waals surface area (Å²) < 4.78 is 0. The summed E-state index contributed by atoms with van der Waals surface area (Å²) >= 11 is 0. The smallest absolute Gasteiger partial charge is 0.0587 e. The molecule has 11 heavy (non-hydrogen) atoms. The maximum Gasteiger partial charge on any atom is 0.0587 e. The Morgan fingerprint density at radius 3 is 2.36 bits per heavy atom. The van der Waals surface area contributed by atoms with Gasteiger partial charge in [-0.05, 0) is 19.3 Å². The minimum atomic E-state index is 0.372. The van der Waals surface area contributed by atoms with Gasteiger partial charge in [-0.2, -0.15) is 0 Å². The minimum absolute atomic E-state index is 0.372. The van der Waals surface area contributed by atoms with Crippen molar-refractivity contribution >= 4 is 0 Å². The van der Waals surface area contributed by atoms with Crippen LogP contribution in [-0.2, 0) is 0 Å². The molecule has 0 aromatic carbocycles. The van der Waals surface area contributed by atoms with Gasteiger partial charge in [-0.25, -0.2) is 0 Å². The Kier molecular flexibility index (Phi) is 2.14. The van der Waals surface area contributed by atoms with E-state index in [-0.39, 0.29) is 0 Å². The van der Waals surface area contributed by atoms with Crippen LogP contribution in [0.4, 0.5) is 0 Å². The molecule has 0 bridgehead atoms. The molecule has 64 valence electrons. The lowest BCUT2D eigenvalue weighted by Gasteiger charge is -2.44. The van der Waals surface area contributed by atoms with Crippen molar-refractivity contribution in [2.45, 2.75) is 44.2 Å². The van der Waals surface area contributed by atoms with Crippen LogP contribution < -0.4 is 0 Å². The van der Waals surface area contributed by atoms with Crippen LogP contribution in [0.3, 0.4) is 0 Å². The molecule has 1 saturated carbocycles. The van der Waals surface area contributed by atoms with Crippen molar-refractivity contribution in [3.05, 3.63) is 0 Å². The van der Waals surface area contributed by atoms with Crippen LogP contribution in [0.2, 0.25) is 0 Å². The molecule has 1 aliphatic carbocycles. The fraction of sp³-hybridized carbons (Fsp3) is 1.00. The first kappa shape index (κ1) is 7.56. The second-order valence-corrected chi connectivity index (χ2v) is 3.80. The highest BCUT2D eigenvalue weighted by atomic mass is 16.3. The maximum atomic E-state index is 8.98. The first-order valence-corrected chi connectivity index (χ1v) is 4.78. The van der Waals surface area contributed by atoms with Gasteiger partial charge in [0.25, 0.3) is 0 Å². The third-order valence-electron chi connectivity index (χ3n) is 3.19.